The molecule has 6 heteroatoms. The van der Waals surface area contributed by atoms with Gasteiger partial charge in [0.1, 0.15) is 0 Å². The van der Waals surface area contributed by atoms with E-state index in [4.69, 9.17) is 11.6 Å². The van der Waals surface area contributed by atoms with Gasteiger partial charge >= 0.3 is 0 Å². The molecule has 2 heterocycles. The molecule has 4 nitrogen and oxygen atoms in total. The van der Waals surface area contributed by atoms with Crippen LogP contribution in [0.1, 0.15) is 18.5 Å². The number of halogens is 2. The summed E-state index contributed by atoms with van der Waals surface area (Å²) < 4.78 is 0. The monoisotopic (exact) mass is 276 g/mol. The van der Waals surface area contributed by atoms with Crippen LogP contribution in [0, 0.1) is 0 Å². The van der Waals surface area contributed by atoms with E-state index in [1.165, 1.54) is 12.8 Å². The van der Waals surface area contributed by atoms with Crippen molar-refractivity contribution in [2.45, 2.75) is 25.4 Å². The number of hydrogen-bond donors (Lipinski definition) is 1. The van der Waals surface area contributed by atoms with E-state index >= 15 is 0 Å². The van der Waals surface area contributed by atoms with E-state index < -0.39 is 0 Å². The zero-order valence-corrected chi connectivity index (χ0v) is 11.5. The number of nitrogens with zero attached hydrogens (tertiary/aromatic N) is 3. The lowest BCUT2D eigenvalue weighted by Crippen LogP contribution is -2.40. The third-order valence-electron chi connectivity index (χ3n) is 3.09. The number of rotatable bonds is 3. The van der Waals surface area contributed by atoms with Crippen molar-refractivity contribution in [1.29, 1.82) is 0 Å². The van der Waals surface area contributed by atoms with Crippen LogP contribution in [0.25, 0.3) is 0 Å². The van der Waals surface area contributed by atoms with Crippen molar-refractivity contribution in [1.82, 2.24) is 20.2 Å². The summed E-state index contributed by atoms with van der Waals surface area (Å²) in [5, 5.41) is 3.85. The fourth-order valence-corrected chi connectivity index (χ4v) is 2.21. The van der Waals surface area contributed by atoms with Gasteiger partial charge in [-0.15, -0.1) is 12.4 Å². The first-order valence-corrected chi connectivity index (χ1v) is 6.02. The van der Waals surface area contributed by atoms with E-state index in [-0.39, 0.29) is 12.4 Å². The van der Waals surface area contributed by atoms with Gasteiger partial charge in [-0.25, -0.2) is 4.98 Å². The van der Waals surface area contributed by atoms with Crippen LogP contribution in [0.5, 0.6) is 0 Å². The van der Waals surface area contributed by atoms with Gasteiger partial charge in [-0.2, -0.15) is 0 Å². The number of piperidine rings is 1. The van der Waals surface area contributed by atoms with Gasteiger partial charge < -0.3 is 5.32 Å². The second-order valence-corrected chi connectivity index (χ2v) is 4.49. The molecule has 17 heavy (non-hydrogen) atoms. The first-order valence-electron chi connectivity index (χ1n) is 5.64. The maximum absolute atomic E-state index is 5.99. The zero-order chi connectivity index (χ0) is 11.4. The van der Waals surface area contributed by atoms with Crippen LogP contribution in [0.3, 0.4) is 0 Å². The van der Waals surface area contributed by atoms with Crippen LogP contribution in [0.4, 0.5) is 0 Å². The molecule has 0 spiro atoms. The number of hydrogen-bond acceptors (Lipinski definition) is 4. The first-order chi connectivity index (χ1) is 7.79. The summed E-state index contributed by atoms with van der Waals surface area (Å²) in [7, 11) is 2.03. The van der Waals surface area contributed by atoms with E-state index in [1.807, 2.05) is 7.05 Å². The molecule has 0 bridgehead atoms. The highest BCUT2D eigenvalue weighted by atomic mass is 35.5. The largest absolute Gasteiger partial charge is 0.317 e. The third-order valence-corrected chi connectivity index (χ3v) is 3.41. The first kappa shape index (κ1) is 14.6. The van der Waals surface area contributed by atoms with Crippen LogP contribution < -0.4 is 5.32 Å². The Bertz CT molecular complexity index is 340. The Morgan fingerprint density at radius 1 is 1.35 bits per heavy atom. The van der Waals surface area contributed by atoms with Crippen molar-refractivity contribution < 1.29 is 0 Å². The van der Waals surface area contributed by atoms with Gasteiger partial charge in [-0.3, -0.25) is 9.88 Å². The zero-order valence-electron chi connectivity index (χ0n) is 9.90. The van der Waals surface area contributed by atoms with Crippen LogP contribution in [0.15, 0.2) is 12.4 Å². The normalized spacial score (nSPS) is 17.8. The molecular weight excluding hydrogens is 259 g/mol. The van der Waals surface area contributed by atoms with Crippen LogP contribution in [0.2, 0.25) is 5.15 Å². The average Bonchev–Trinajstić information content (AvgIpc) is 2.33. The van der Waals surface area contributed by atoms with Crippen molar-refractivity contribution in [3.05, 3.63) is 23.2 Å². The molecule has 1 N–H and O–H groups in total. The second-order valence-electron chi connectivity index (χ2n) is 4.13. The number of aromatic nitrogens is 2. The van der Waals surface area contributed by atoms with Crippen molar-refractivity contribution in [2.75, 3.05) is 20.1 Å². The Labute approximate surface area is 113 Å². The maximum Gasteiger partial charge on any atom is 0.151 e. The standard InChI is InChI=1S/C11H17ClN4.ClH/c1-13-9-2-6-16(7-3-9)8-10-11(12)15-5-4-14-10;/h4-5,9,13H,2-3,6-8H2,1H3;1H. The highest BCUT2D eigenvalue weighted by molar-refractivity contribution is 6.29. The van der Waals surface area contributed by atoms with Crippen molar-refractivity contribution in [3.8, 4) is 0 Å². The van der Waals surface area contributed by atoms with E-state index in [0.29, 0.717) is 11.2 Å². The summed E-state index contributed by atoms with van der Waals surface area (Å²) in [5.74, 6) is 0. The van der Waals surface area contributed by atoms with Crippen molar-refractivity contribution in [3.63, 3.8) is 0 Å². The molecule has 2 rings (SSSR count). The highest BCUT2D eigenvalue weighted by Gasteiger charge is 2.18. The minimum atomic E-state index is 0. The van der Waals surface area contributed by atoms with Gasteiger partial charge in [0, 0.05) is 38.1 Å². The summed E-state index contributed by atoms with van der Waals surface area (Å²) in [6.07, 6.45) is 5.70. The van der Waals surface area contributed by atoms with Gasteiger partial charge in [0.25, 0.3) is 0 Å². The van der Waals surface area contributed by atoms with Gasteiger partial charge in [0.2, 0.25) is 0 Å². The molecule has 0 atom stereocenters. The van der Waals surface area contributed by atoms with Gasteiger partial charge in [-0.1, -0.05) is 11.6 Å². The van der Waals surface area contributed by atoms with Gasteiger partial charge in [0.05, 0.1) is 5.69 Å². The number of nitrogens with one attached hydrogen (secondary N) is 1. The smallest absolute Gasteiger partial charge is 0.151 e. The molecule has 1 fully saturated rings. The van der Waals surface area contributed by atoms with E-state index in [0.717, 1.165) is 25.3 Å². The maximum atomic E-state index is 5.99. The summed E-state index contributed by atoms with van der Waals surface area (Å²) in [6, 6.07) is 0.661. The molecule has 1 saturated heterocycles. The number of likely N-dealkylation sites (tertiary alicyclic amines) is 1. The van der Waals surface area contributed by atoms with E-state index in [9.17, 15) is 0 Å². The Balaban J connectivity index is 0.00000144. The molecule has 0 saturated carbocycles. The molecule has 96 valence electrons. The molecule has 0 unspecified atom stereocenters. The van der Waals surface area contributed by atoms with Gasteiger partial charge in [0.15, 0.2) is 5.15 Å². The molecule has 1 aliphatic rings. The van der Waals surface area contributed by atoms with Crippen molar-refractivity contribution in [2.24, 2.45) is 0 Å². The highest BCUT2D eigenvalue weighted by Crippen LogP contribution is 2.15. The Kier molecular flexibility index (Phi) is 6.12. The van der Waals surface area contributed by atoms with Crippen LogP contribution in [-0.2, 0) is 6.54 Å². The topological polar surface area (TPSA) is 41.0 Å². The fraction of sp³-hybridized carbons (Fsp3) is 0.636. The van der Waals surface area contributed by atoms with E-state index in [2.05, 4.69) is 20.2 Å². The third kappa shape index (κ3) is 4.07. The summed E-state index contributed by atoms with van der Waals surface area (Å²) in [4.78, 5) is 10.7. The Hall–Kier alpha value is -0.420. The lowest BCUT2D eigenvalue weighted by molar-refractivity contribution is 0.192. The Morgan fingerprint density at radius 3 is 2.59 bits per heavy atom. The fourth-order valence-electron chi connectivity index (χ4n) is 2.05. The predicted molar refractivity (Wildman–Crippen MR) is 71.6 cm³/mol. The minimum absolute atomic E-state index is 0. The molecule has 0 aliphatic carbocycles. The summed E-state index contributed by atoms with van der Waals surface area (Å²) in [6.45, 7) is 3.00. The second kappa shape index (κ2) is 7.11. The Morgan fingerprint density at radius 2 is 2.00 bits per heavy atom. The lowest BCUT2D eigenvalue weighted by atomic mass is 10.1. The van der Waals surface area contributed by atoms with E-state index in [1.54, 1.807) is 12.4 Å². The molecule has 1 aliphatic heterocycles. The van der Waals surface area contributed by atoms with Crippen molar-refractivity contribution >= 4 is 24.0 Å². The van der Waals surface area contributed by atoms with Crippen LogP contribution >= 0.6 is 24.0 Å². The quantitative estimate of drug-likeness (QED) is 0.913. The molecule has 0 aromatic carbocycles. The lowest BCUT2D eigenvalue weighted by Gasteiger charge is -2.31. The van der Waals surface area contributed by atoms with Gasteiger partial charge in [-0.05, 0) is 19.9 Å². The van der Waals surface area contributed by atoms with Crippen LogP contribution in [-0.4, -0.2) is 41.0 Å². The molecule has 0 radical (unpaired) electrons. The molecule has 1 aromatic heterocycles. The molecule has 0 amide bonds. The summed E-state index contributed by atoms with van der Waals surface area (Å²) in [5.41, 5.74) is 0.882. The molecule has 1 aromatic rings. The average molecular weight is 277 g/mol. The predicted octanol–water partition coefficient (Wildman–Crippen LogP) is 1.74. The SMILES string of the molecule is CNC1CCN(Cc2nccnc2Cl)CC1.Cl. The molecular formula is C11H18Cl2N4. The summed E-state index contributed by atoms with van der Waals surface area (Å²) >= 11 is 5.99. The minimum Gasteiger partial charge on any atom is -0.317 e.